The summed E-state index contributed by atoms with van der Waals surface area (Å²) in [4.78, 5) is 14.8. The number of anilines is 1. The number of benzene rings is 1. The first-order valence-electron chi connectivity index (χ1n) is 8.95. The van der Waals surface area contributed by atoms with Crippen molar-refractivity contribution in [3.05, 3.63) is 51.0 Å². The van der Waals surface area contributed by atoms with Gasteiger partial charge >= 0.3 is 5.69 Å². The molecule has 4 heteroatoms. The molecule has 3 rings (SSSR count). The Balaban J connectivity index is 2.11. The standard InChI is InChI=1S/C20H27N3O/c1-5-22(6-2)17-12-8-15(9-13-17)14-18-19(16-10-11-16)23(7-3)20(24)21(18)4/h8-9,12-14H,5-7,10-11H2,1-4H3/b18-14+. The van der Waals surface area contributed by atoms with Crippen LogP contribution < -0.4 is 21.3 Å². The second kappa shape index (κ2) is 6.71. The molecule has 0 saturated heterocycles. The molecule has 4 nitrogen and oxygen atoms in total. The normalized spacial score (nSPS) is 14.3. The monoisotopic (exact) mass is 325 g/mol. The summed E-state index contributed by atoms with van der Waals surface area (Å²) in [6.07, 6.45) is 4.37. The summed E-state index contributed by atoms with van der Waals surface area (Å²) >= 11 is 0. The number of nitrogens with zero attached hydrogens (tertiary/aromatic N) is 3. The fourth-order valence-electron chi connectivity index (χ4n) is 3.33. The number of hydrogen-bond donors (Lipinski definition) is 0. The Labute approximate surface area is 143 Å². The van der Waals surface area contributed by atoms with Crippen molar-refractivity contribution in [2.75, 3.05) is 18.0 Å². The highest BCUT2D eigenvalue weighted by Crippen LogP contribution is 2.27. The van der Waals surface area contributed by atoms with E-state index < -0.39 is 0 Å². The van der Waals surface area contributed by atoms with Crippen molar-refractivity contribution in [2.45, 2.75) is 40.2 Å². The van der Waals surface area contributed by atoms with Crippen LogP contribution in [-0.2, 0) is 13.6 Å². The highest BCUT2D eigenvalue weighted by Gasteiger charge is 2.18. The average Bonchev–Trinajstić information content (AvgIpc) is 3.40. The van der Waals surface area contributed by atoms with Gasteiger partial charge in [0.25, 0.3) is 0 Å². The first kappa shape index (κ1) is 16.6. The summed E-state index contributed by atoms with van der Waals surface area (Å²) in [6.45, 7) is 9.13. The van der Waals surface area contributed by atoms with Crippen molar-refractivity contribution >= 4 is 17.3 Å². The molecule has 1 aliphatic rings. The third-order valence-electron chi connectivity index (χ3n) is 4.87. The lowest BCUT2D eigenvalue weighted by molar-refractivity contribution is 0.680. The number of hydrogen-bond acceptors (Lipinski definition) is 2. The number of rotatable bonds is 5. The minimum atomic E-state index is 0.0814. The molecule has 128 valence electrons. The van der Waals surface area contributed by atoms with Crippen LogP contribution in [0.15, 0.2) is 29.1 Å². The van der Waals surface area contributed by atoms with E-state index in [9.17, 15) is 4.79 Å². The maximum absolute atomic E-state index is 12.5. The van der Waals surface area contributed by atoms with Crippen molar-refractivity contribution in [3.8, 4) is 0 Å². The van der Waals surface area contributed by atoms with Crippen LogP contribution in [0.4, 0.5) is 5.69 Å². The third-order valence-corrected chi connectivity index (χ3v) is 4.87. The minimum absolute atomic E-state index is 0.0814. The van der Waals surface area contributed by atoms with Gasteiger partial charge in [-0.1, -0.05) is 12.1 Å². The molecule has 1 aliphatic carbocycles. The van der Waals surface area contributed by atoms with Gasteiger partial charge in [0.15, 0.2) is 0 Å². The second-order valence-corrected chi connectivity index (χ2v) is 6.33. The topological polar surface area (TPSA) is 30.2 Å². The molecule has 1 saturated carbocycles. The Morgan fingerprint density at radius 2 is 1.71 bits per heavy atom. The van der Waals surface area contributed by atoms with E-state index in [-0.39, 0.29) is 5.69 Å². The van der Waals surface area contributed by atoms with Gasteiger partial charge in [0, 0.05) is 32.4 Å². The quantitative estimate of drug-likeness (QED) is 0.839. The van der Waals surface area contributed by atoms with Crippen LogP contribution in [0.1, 0.15) is 39.2 Å². The Kier molecular flexibility index (Phi) is 4.65. The Morgan fingerprint density at radius 3 is 2.21 bits per heavy atom. The summed E-state index contributed by atoms with van der Waals surface area (Å²) < 4.78 is 3.68. The molecule has 1 fully saturated rings. The summed E-state index contributed by atoms with van der Waals surface area (Å²) in [6, 6.07) is 8.61. The predicted molar refractivity (Wildman–Crippen MR) is 101 cm³/mol. The highest BCUT2D eigenvalue weighted by atomic mass is 16.1. The van der Waals surface area contributed by atoms with Crippen LogP contribution in [0.25, 0.3) is 11.6 Å². The molecule has 1 heterocycles. The number of aromatic nitrogens is 2. The zero-order valence-corrected chi connectivity index (χ0v) is 15.2. The van der Waals surface area contributed by atoms with E-state index in [2.05, 4.69) is 49.1 Å². The van der Waals surface area contributed by atoms with Gasteiger partial charge in [-0.05, 0) is 63.0 Å². The predicted octanol–water partition coefficient (Wildman–Crippen LogP) is 1.83. The van der Waals surface area contributed by atoms with Gasteiger partial charge in [0.05, 0.1) is 10.7 Å². The van der Waals surface area contributed by atoms with E-state index in [0.29, 0.717) is 0 Å². The van der Waals surface area contributed by atoms with Crippen molar-refractivity contribution in [3.63, 3.8) is 0 Å². The third kappa shape index (κ3) is 2.93. The summed E-state index contributed by atoms with van der Waals surface area (Å²) in [5.74, 6) is 0. The lowest BCUT2D eigenvalue weighted by Crippen LogP contribution is -2.33. The Hall–Kier alpha value is -2.23. The van der Waals surface area contributed by atoms with Gasteiger partial charge in [-0.2, -0.15) is 0 Å². The molecule has 2 aromatic rings. The minimum Gasteiger partial charge on any atom is -0.372 e. The second-order valence-electron chi connectivity index (χ2n) is 6.33. The molecule has 0 aliphatic heterocycles. The lowest BCUT2D eigenvalue weighted by Gasteiger charge is -2.20. The fraction of sp³-hybridized carbons (Fsp3) is 0.450. The van der Waals surface area contributed by atoms with Crippen LogP contribution in [0.2, 0.25) is 0 Å². The Bertz CT molecular complexity index is 890. The van der Waals surface area contributed by atoms with Crippen molar-refractivity contribution < 1.29 is 0 Å². The fourth-order valence-corrected chi connectivity index (χ4v) is 3.33. The molecule has 0 amide bonds. The molecule has 0 N–H and O–H groups in total. The van der Waals surface area contributed by atoms with Crippen LogP contribution in [0.3, 0.4) is 0 Å². The van der Waals surface area contributed by atoms with E-state index in [4.69, 9.17) is 0 Å². The molecule has 0 unspecified atom stereocenters. The number of imidazole rings is 1. The molecule has 0 spiro atoms. The molecule has 1 aromatic carbocycles. The molecule has 0 atom stereocenters. The van der Waals surface area contributed by atoms with Crippen LogP contribution in [0, 0.1) is 0 Å². The first-order valence-corrected chi connectivity index (χ1v) is 8.95. The van der Waals surface area contributed by atoms with Crippen molar-refractivity contribution in [2.24, 2.45) is 7.05 Å². The maximum Gasteiger partial charge on any atom is 0.328 e. The van der Waals surface area contributed by atoms with Gasteiger partial charge in [-0.15, -0.1) is 0 Å². The summed E-state index contributed by atoms with van der Waals surface area (Å²) in [7, 11) is 1.87. The Morgan fingerprint density at radius 1 is 1.08 bits per heavy atom. The average molecular weight is 325 g/mol. The molecule has 24 heavy (non-hydrogen) atoms. The van der Waals surface area contributed by atoms with Gasteiger partial charge in [-0.25, -0.2) is 4.79 Å². The van der Waals surface area contributed by atoms with Gasteiger partial charge in [0.2, 0.25) is 0 Å². The van der Waals surface area contributed by atoms with Crippen molar-refractivity contribution in [1.29, 1.82) is 0 Å². The molecule has 1 aromatic heterocycles. The summed E-state index contributed by atoms with van der Waals surface area (Å²) in [5, 5.41) is 2.17. The molecule has 0 bridgehead atoms. The maximum atomic E-state index is 12.5. The van der Waals surface area contributed by atoms with E-state index in [1.54, 1.807) is 4.57 Å². The smallest absolute Gasteiger partial charge is 0.328 e. The van der Waals surface area contributed by atoms with E-state index in [0.717, 1.165) is 48.7 Å². The van der Waals surface area contributed by atoms with Crippen LogP contribution in [-0.4, -0.2) is 22.2 Å². The SMILES string of the molecule is CCN(CC)c1ccc(/C=c2\c(=C3CC3)n(CC)c(=O)n2C)cc1. The first-order chi connectivity index (χ1) is 11.6. The van der Waals surface area contributed by atoms with Crippen LogP contribution in [0.5, 0.6) is 0 Å². The zero-order valence-electron chi connectivity index (χ0n) is 15.2. The largest absolute Gasteiger partial charge is 0.372 e. The van der Waals surface area contributed by atoms with E-state index in [1.165, 1.54) is 11.3 Å². The molecular formula is C20H27N3O. The van der Waals surface area contributed by atoms with Gasteiger partial charge in [-0.3, -0.25) is 9.13 Å². The van der Waals surface area contributed by atoms with Gasteiger partial charge in [0.1, 0.15) is 0 Å². The summed E-state index contributed by atoms with van der Waals surface area (Å²) in [5.41, 5.74) is 3.87. The highest BCUT2D eigenvalue weighted by molar-refractivity contribution is 5.60. The van der Waals surface area contributed by atoms with E-state index >= 15 is 0 Å². The van der Waals surface area contributed by atoms with Crippen molar-refractivity contribution in [1.82, 2.24) is 9.13 Å². The zero-order chi connectivity index (χ0) is 17.3. The molecule has 0 radical (unpaired) electrons. The van der Waals surface area contributed by atoms with E-state index in [1.807, 2.05) is 18.5 Å². The lowest BCUT2D eigenvalue weighted by atomic mass is 10.1. The molecular weight excluding hydrogens is 298 g/mol. The van der Waals surface area contributed by atoms with Crippen LogP contribution >= 0.6 is 0 Å². The van der Waals surface area contributed by atoms with Gasteiger partial charge < -0.3 is 4.90 Å².